The molecule has 208 valence electrons. The van der Waals surface area contributed by atoms with Crippen molar-refractivity contribution < 1.29 is 4.79 Å². The lowest BCUT2D eigenvalue weighted by Gasteiger charge is -2.19. The summed E-state index contributed by atoms with van der Waals surface area (Å²) in [4.78, 5) is 22.1. The first kappa shape index (κ1) is 26.0. The van der Waals surface area contributed by atoms with E-state index in [1.165, 1.54) is 32.3 Å². The number of aromatic nitrogens is 2. The zero-order valence-corrected chi connectivity index (χ0v) is 24.0. The van der Waals surface area contributed by atoms with E-state index in [-0.39, 0.29) is 5.92 Å². The van der Waals surface area contributed by atoms with Gasteiger partial charge in [-0.25, -0.2) is 9.97 Å². The number of allylic oxidation sites excluding steroid dienone is 4. The van der Waals surface area contributed by atoms with Crippen LogP contribution in [0.1, 0.15) is 18.0 Å². The molecule has 1 aromatic heterocycles. The maximum atomic E-state index is 12.0. The van der Waals surface area contributed by atoms with Crippen LogP contribution >= 0.6 is 0 Å². The number of hydrogen-bond acceptors (Lipinski definition) is 3. The summed E-state index contributed by atoms with van der Waals surface area (Å²) in [6.45, 7) is 0. The highest BCUT2D eigenvalue weighted by atomic mass is 16.1. The maximum absolute atomic E-state index is 12.0. The molecule has 7 aromatic rings. The topological polar surface area (TPSA) is 42.9 Å². The summed E-state index contributed by atoms with van der Waals surface area (Å²) >= 11 is 0. The van der Waals surface area contributed by atoms with Crippen molar-refractivity contribution in [3.05, 3.63) is 157 Å². The number of fused-ring (bicyclic) bond motifs is 6. The predicted molar refractivity (Wildman–Crippen MR) is 182 cm³/mol. The number of nitrogens with zero attached hydrogens (tertiary/aromatic N) is 2. The Hall–Kier alpha value is -5.67. The third-order valence-corrected chi connectivity index (χ3v) is 8.71. The van der Waals surface area contributed by atoms with Crippen LogP contribution < -0.4 is 0 Å². The molecule has 0 N–H and O–H groups in total. The lowest BCUT2D eigenvalue weighted by atomic mass is 9.88. The van der Waals surface area contributed by atoms with Crippen molar-refractivity contribution in [3.8, 4) is 33.8 Å². The van der Waals surface area contributed by atoms with Crippen LogP contribution in [-0.2, 0) is 4.79 Å². The summed E-state index contributed by atoms with van der Waals surface area (Å²) in [5.41, 5.74) is 6.64. The van der Waals surface area contributed by atoms with Crippen molar-refractivity contribution in [2.75, 3.05) is 0 Å². The molecular formula is C41H28N2O. The lowest BCUT2D eigenvalue weighted by molar-refractivity contribution is -0.105. The molecule has 0 amide bonds. The summed E-state index contributed by atoms with van der Waals surface area (Å²) in [6, 6.07) is 44.8. The first-order valence-electron chi connectivity index (χ1n) is 15.0. The summed E-state index contributed by atoms with van der Waals surface area (Å²) in [6.07, 6.45) is 7.60. The van der Waals surface area contributed by atoms with Crippen molar-refractivity contribution in [1.29, 1.82) is 0 Å². The van der Waals surface area contributed by atoms with Gasteiger partial charge in [0.2, 0.25) is 0 Å². The summed E-state index contributed by atoms with van der Waals surface area (Å²) < 4.78 is 0. The molecule has 1 heterocycles. The standard InChI is InChI=1S/C41H28N2O/c44-26-31-13-4-5-16-32(31)40-25-39(27-11-2-1-3-12-27)42-41(43-40)30-15-10-14-28(23-30)29-21-22-37-35-19-7-6-17-33(35)34-18-8-9-20-36(34)38(37)24-29/h1-15,17-26,32H,16H2. The molecule has 1 unspecified atom stereocenters. The minimum Gasteiger partial charge on any atom is -0.298 e. The summed E-state index contributed by atoms with van der Waals surface area (Å²) in [5.74, 6) is 0.550. The van der Waals surface area contributed by atoms with Gasteiger partial charge in [-0.2, -0.15) is 0 Å². The third kappa shape index (κ3) is 4.50. The largest absolute Gasteiger partial charge is 0.298 e. The normalized spacial score (nSPS) is 14.6. The smallest absolute Gasteiger partial charge is 0.160 e. The summed E-state index contributed by atoms with van der Waals surface area (Å²) in [7, 11) is 0. The molecule has 44 heavy (non-hydrogen) atoms. The Labute approximate surface area is 255 Å². The van der Waals surface area contributed by atoms with Gasteiger partial charge in [-0.1, -0.05) is 127 Å². The number of rotatable bonds is 5. The Kier molecular flexibility index (Phi) is 6.42. The molecule has 0 spiro atoms. The fraction of sp³-hybridized carbons (Fsp3) is 0.0488. The molecule has 8 rings (SSSR count). The van der Waals surface area contributed by atoms with E-state index in [1.54, 1.807) is 0 Å². The van der Waals surface area contributed by atoms with Gasteiger partial charge in [0.05, 0.1) is 11.4 Å². The zero-order valence-electron chi connectivity index (χ0n) is 24.0. The average molecular weight is 565 g/mol. The molecule has 0 bridgehead atoms. The highest BCUT2D eigenvalue weighted by Crippen LogP contribution is 2.38. The molecule has 0 saturated carbocycles. The molecular weight excluding hydrogens is 536 g/mol. The van der Waals surface area contributed by atoms with Crippen LogP contribution in [-0.4, -0.2) is 16.3 Å². The molecule has 0 saturated heterocycles. The number of benzene rings is 6. The van der Waals surface area contributed by atoms with Gasteiger partial charge in [-0.05, 0) is 68.1 Å². The average Bonchev–Trinajstić information content (AvgIpc) is 3.11. The number of aldehydes is 1. The van der Waals surface area contributed by atoms with Crippen molar-refractivity contribution >= 4 is 38.6 Å². The molecule has 1 atom stereocenters. The molecule has 0 aliphatic heterocycles. The Morgan fingerprint density at radius 2 is 1.16 bits per heavy atom. The van der Waals surface area contributed by atoms with Gasteiger partial charge in [0, 0.05) is 22.6 Å². The Morgan fingerprint density at radius 3 is 1.89 bits per heavy atom. The first-order chi connectivity index (χ1) is 21.8. The van der Waals surface area contributed by atoms with Crippen molar-refractivity contribution in [2.24, 2.45) is 0 Å². The number of hydrogen-bond donors (Lipinski definition) is 0. The van der Waals surface area contributed by atoms with Gasteiger partial charge < -0.3 is 0 Å². The van der Waals surface area contributed by atoms with Crippen molar-refractivity contribution in [3.63, 3.8) is 0 Å². The van der Waals surface area contributed by atoms with Crippen molar-refractivity contribution in [2.45, 2.75) is 12.3 Å². The van der Waals surface area contributed by atoms with Crippen LogP contribution in [0.2, 0.25) is 0 Å². The monoisotopic (exact) mass is 564 g/mol. The van der Waals surface area contributed by atoms with E-state index in [0.717, 1.165) is 51.9 Å². The highest BCUT2D eigenvalue weighted by molar-refractivity contribution is 6.25. The highest BCUT2D eigenvalue weighted by Gasteiger charge is 2.21. The molecule has 3 heteroatoms. The first-order valence-corrected chi connectivity index (χ1v) is 15.0. The van der Waals surface area contributed by atoms with Gasteiger partial charge in [-0.15, -0.1) is 0 Å². The van der Waals surface area contributed by atoms with E-state index in [2.05, 4.69) is 109 Å². The van der Waals surface area contributed by atoms with E-state index in [0.29, 0.717) is 5.82 Å². The van der Waals surface area contributed by atoms with E-state index < -0.39 is 0 Å². The van der Waals surface area contributed by atoms with Gasteiger partial charge in [0.25, 0.3) is 0 Å². The second-order valence-electron chi connectivity index (χ2n) is 11.3. The quantitative estimate of drug-likeness (QED) is 0.154. The minimum atomic E-state index is -0.103. The Bertz CT molecular complexity index is 2250. The van der Waals surface area contributed by atoms with Gasteiger partial charge >= 0.3 is 0 Å². The van der Waals surface area contributed by atoms with Gasteiger partial charge in [0.1, 0.15) is 6.29 Å². The van der Waals surface area contributed by atoms with Crippen LogP contribution in [0.25, 0.3) is 66.1 Å². The van der Waals surface area contributed by atoms with Crippen LogP contribution in [0, 0.1) is 0 Å². The maximum Gasteiger partial charge on any atom is 0.160 e. The molecule has 1 aliphatic carbocycles. The van der Waals surface area contributed by atoms with Crippen LogP contribution in [0.15, 0.2) is 151 Å². The van der Waals surface area contributed by atoms with Crippen LogP contribution in [0.4, 0.5) is 0 Å². The van der Waals surface area contributed by atoms with E-state index in [9.17, 15) is 4.79 Å². The van der Waals surface area contributed by atoms with E-state index in [1.807, 2.05) is 36.4 Å². The van der Waals surface area contributed by atoms with Gasteiger partial charge in [0.15, 0.2) is 5.82 Å². The Balaban J connectivity index is 1.28. The fourth-order valence-corrected chi connectivity index (χ4v) is 6.51. The third-order valence-electron chi connectivity index (χ3n) is 8.71. The van der Waals surface area contributed by atoms with Crippen LogP contribution in [0.3, 0.4) is 0 Å². The second kappa shape index (κ2) is 10.9. The van der Waals surface area contributed by atoms with Crippen LogP contribution in [0.5, 0.6) is 0 Å². The summed E-state index contributed by atoms with van der Waals surface area (Å²) in [5, 5.41) is 7.55. The molecule has 0 fully saturated rings. The molecule has 0 radical (unpaired) electrons. The van der Waals surface area contributed by atoms with Crippen molar-refractivity contribution in [1.82, 2.24) is 9.97 Å². The van der Waals surface area contributed by atoms with E-state index >= 15 is 0 Å². The fourth-order valence-electron chi connectivity index (χ4n) is 6.51. The molecule has 6 aromatic carbocycles. The molecule has 3 nitrogen and oxygen atoms in total. The number of carbonyl (C=O) groups is 1. The Morgan fingerprint density at radius 1 is 0.545 bits per heavy atom. The van der Waals surface area contributed by atoms with E-state index in [4.69, 9.17) is 9.97 Å². The lowest BCUT2D eigenvalue weighted by Crippen LogP contribution is -2.09. The zero-order chi connectivity index (χ0) is 29.5. The molecule has 1 aliphatic rings. The van der Waals surface area contributed by atoms with Gasteiger partial charge in [-0.3, -0.25) is 4.79 Å². The predicted octanol–water partition coefficient (Wildman–Crippen LogP) is 10.1. The minimum absolute atomic E-state index is 0.103. The second-order valence-corrected chi connectivity index (χ2v) is 11.3. The number of carbonyl (C=O) groups excluding carboxylic acids is 1. The SMILES string of the molecule is O=CC1=CC=CCC1c1cc(-c2ccccc2)nc(-c2cccc(-c3ccc4c5ccccc5c5ccccc5c4c3)c2)n1.